The normalized spacial score (nSPS) is 29.6. The fourth-order valence-corrected chi connectivity index (χ4v) is 6.20. The lowest BCUT2D eigenvalue weighted by Gasteiger charge is -2.43. The van der Waals surface area contributed by atoms with E-state index in [-0.39, 0.29) is 18.3 Å². The fraction of sp³-hybridized carbons (Fsp3) is 0.917. The molecule has 4 rings (SSSR count). The molecule has 0 spiro atoms. The first-order chi connectivity index (χ1) is 15.5. The predicted octanol–water partition coefficient (Wildman–Crippen LogP) is 2.38. The molecule has 2 unspecified atom stereocenters. The molecule has 4 aliphatic rings. The number of piperazine rings is 1. The van der Waals surface area contributed by atoms with Gasteiger partial charge in [0.1, 0.15) is 0 Å². The molecule has 0 aromatic carbocycles. The van der Waals surface area contributed by atoms with Gasteiger partial charge in [-0.2, -0.15) is 0 Å². The highest BCUT2D eigenvalue weighted by Gasteiger charge is 2.39. The quantitative estimate of drug-likeness (QED) is 0.526. The number of carbonyl (C=O) groups excluding carboxylic acids is 2. The minimum Gasteiger partial charge on any atom is -0.468 e. The third-order valence-electron chi connectivity index (χ3n) is 8.18. The van der Waals surface area contributed by atoms with Crippen LogP contribution >= 0.6 is 0 Å². The van der Waals surface area contributed by atoms with Gasteiger partial charge in [-0.05, 0) is 51.1 Å². The van der Waals surface area contributed by atoms with Gasteiger partial charge < -0.3 is 19.3 Å². The van der Waals surface area contributed by atoms with Crippen molar-refractivity contribution in [3.05, 3.63) is 0 Å². The zero-order chi connectivity index (χ0) is 22.5. The molecule has 4 fully saturated rings. The average molecular weight is 451 g/mol. The Balaban J connectivity index is 1.26. The van der Waals surface area contributed by atoms with E-state index in [0.29, 0.717) is 19.1 Å². The van der Waals surface area contributed by atoms with Crippen molar-refractivity contribution in [2.75, 3.05) is 60.0 Å². The fourth-order valence-electron chi connectivity index (χ4n) is 6.20. The molecule has 3 saturated heterocycles. The average Bonchev–Trinajstić information content (AvgIpc) is 3.45. The van der Waals surface area contributed by atoms with E-state index < -0.39 is 0 Å². The molecule has 1 amide bonds. The zero-order valence-corrected chi connectivity index (χ0v) is 20.0. The summed E-state index contributed by atoms with van der Waals surface area (Å²) in [5.74, 6) is 0.657. The Morgan fingerprint density at radius 3 is 2.44 bits per heavy atom. The highest BCUT2D eigenvalue weighted by atomic mass is 16.6. The summed E-state index contributed by atoms with van der Waals surface area (Å²) >= 11 is 0. The summed E-state index contributed by atoms with van der Waals surface area (Å²) in [4.78, 5) is 32.7. The van der Waals surface area contributed by atoms with E-state index >= 15 is 0 Å². The second-order valence-electron chi connectivity index (χ2n) is 10.3. The molecule has 0 N–H and O–H groups in total. The summed E-state index contributed by atoms with van der Waals surface area (Å²) in [5, 5.41) is 0. The van der Waals surface area contributed by atoms with Crippen LogP contribution in [-0.4, -0.2) is 110 Å². The topological polar surface area (TPSA) is 65.6 Å². The van der Waals surface area contributed by atoms with Crippen LogP contribution in [0, 0.1) is 5.92 Å². The van der Waals surface area contributed by atoms with Crippen molar-refractivity contribution in [2.45, 2.75) is 76.1 Å². The molecular weight excluding hydrogens is 408 g/mol. The second kappa shape index (κ2) is 11.2. The number of cyclic esters (lactones) is 1. The van der Waals surface area contributed by atoms with Crippen LogP contribution in [0.1, 0.15) is 57.8 Å². The molecule has 0 radical (unpaired) electrons. The van der Waals surface area contributed by atoms with Gasteiger partial charge in [0.25, 0.3) is 0 Å². The maximum Gasteiger partial charge on any atom is 0.411 e. The Hall–Kier alpha value is -1.38. The van der Waals surface area contributed by atoms with Crippen LogP contribution in [0.15, 0.2) is 0 Å². The van der Waals surface area contributed by atoms with Crippen LogP contribution in [0.2, 0.25) is 0 Å². The number of hydrogen-bond acceptors (Lipinski definition) is 7. The molecule has 0 aromatic rings. The third-order valence-corrected chi connectivity index (χ3v) is 8.18. The van der Waals surface area contributed by atoms with E-state index in [1.807, 2.05) is 0 Å². The van der Waals surface area contributed by atoms with Gasteiger partial charge in [-0.15, -0.1) is 0 Å². The highest BCUT2D eigenvalue weighted by molar-refractivity contribution is 5.71. The molecule has 0 aromatic heterocycles. The smallest absolute Gasteiger partial charge is 0.411 e. The number of likely N-dealkylation sites (N-methyl/N-ethyl adjacent to an activating group) is 1. The number of hydrogen-bond donors (Lipinski definition) is 0. The Kier molecular flexibility index (Phi) is 8.29. The maximum atomic E-state index is 11.9. The summed E-state index contributed by atoms with van der Waals surface area (Å²) in [7, 11) is 3.24. The molecule has 8 nitrogen and oxygen atoms in total. The van der Waals surface area contributed by atoms with Gasteiger partial charge in [0.15, 0.2) is 6.23 Å². The van der Waals surface area contributed by atoms with Crippen molar-refractivity contribution < 1.29 is 19.1 Å². The number of rotatable bonds is 8. The predicted molar refractivity (Wildman–Crippen MR) is 122 cm³/mol. The molecule has 3 heterocycles. The summed E-state index contributed by atoms with van der Waals surface area (Å²) in [5.41, 5.74) is 0. The van der Waals surface area contributed by atoms with Crippen LogP contribution in [0.25, 0.3) is 0 Å². The number of ether oxygens (including phenoxy) is 2. The molecule has 32 heavy (non-hydrogen) atoms. The van der Waals surface area contributed by atoms with Crippen LogP contribution in [0.4, 0.5) is 4.79 Å². The SMILES string of the molecule is COC(=O)CN1CCN(C2CN(C)C(=O)O2)C(CCCC2CCN(C3CCCC3)CC2)C1. The molecule has 182 valence electrons. The van der Waals surface area contributed by atoms with Gasteiger partial charge in [-0.3, -0.25) is 14.6 Å². The first-order valence-corrected chi connectivity index (χ1v) is 12.7. The second-order valence-corrected chi connectivity index (χ2v) is 10.3. The summed E-state index contributed by atoms with van der Waals surface area (Å²) in [6, 6.07) is 1.16. The summed E-state index contributed by atoms with van der Waals surface area (Å²) < 4.78 is 10.5. The van der Waals surface area contributed by atoms with Crippen molar-refractivity contribution >= 4 is 12.1 Å². The Morgan fingerprint density at radius 1 is 1.03 bits per heavy atom. The number of esters is 1. The van der Waals surface area contributed by atoms with E-state index in [9.17, 15) is 9.59 Å². The lowest BCUT2D eigenvalue weighted by molar-refractivity contribution is -0.143. The molecule has 3 aliphatic heterocycles. The Morgan fingerprint density at radius 2 is 1.78 bits per heavy atom. The van der Waals surface area contributed by atoms with Gasteiger partial charge in [-0.1, -0.05) is 25.7 Å². The standard InChI is InChI=1S/C24H42N4O4/c1-25-17-22(32-24(25)30)28-15-14-26(18-23(29)31-2)16-21(28)9-5-6-19-10-12-27(13-11-19)20-7-3-4-8-20/h19-22H,3-18H2,1-2H3. The first kappa shape index (κ1) is 23.8. The van der Waals surface area contributed by atoms with Crippen LogP contribution < -0.4 is 0 Å². The molecule has 8 heteroatoms. The molecule has 1 aliphatic carbocycles. The van der Waals surface area contributed by atoms with Crippen molar-refractivity contribution in [3.63, 3.8) is 0 Å². The third kappa shape index (κ3) is 5.94. The number of likely N-dealkylation sites (tertiary alicyclic amines) is 1. The number of carbonyl (C=O) groups is 2. The molecule has 0 bridgehead atoms. The summed E-state index contributed by atoms with van der Waals surface area (Å²) in [6.07, 6.45) is 11.5. The minimum atomic E-state index is -0.236. The molecule has 1 saturated carbocycles. The largest absolute Gasteiger partial charge is 0.468 e. The van der Waals surface area contributed by atoms with E-state index in [0.717, 1.165) is 38.0 Å². The summed E-state index contributed by atoms with van der Waals surface area (Å²) in [6.45, 7) is 5.95. The van der Waals surface area contributed by atoms with E-state index in [4.69, 9.17) is 9.47 Å². The van der Waals surface area contributed by atoms with E-state index in [1.165, 1.54) is 71.6 Å². The number of piperidine rings is 1. The van der Waals surface area contributed by atoms with Crippen LogP contribution in [0.5, 0.6) is 0 Å². The van der Waals surface area contributed by atoms with Gasteiger partial charge in [-0.25, -0.2) is 4.79 Å². The van der Waals surface area contributed by atoms with E-state index in [1.54, 1.807) is 11.9 Å². The van der Waals surface area contributed by atoms with E-state index in [2.05, 4.69) is 14.7 Å². The maximum absolute atomic E-state index is 11.9. The molecule has 2 atom stereocenters. The number of amides is 1. The lowest BCUT2D eigenvalue weighted by Crippen LogP contribution is -2.58. The van der Waals surface area contributed by atoms with Gasteiger partial charge in [0, 0.05) is 38.8 Å². The minimum absolute atomic E-state index is 0.174. The van der Waals surface area contributed by atoms with Gasteiger partial charge in [0.2, 0.25) is 0 Å². The van der Waals surface area contributed by atoms with Gasteiger partial charge in [0.05, 0.1) is 20.2 Å². The van der Waals surface area contributed by atoms with Crippen molar-refractivity contribution in [1.82, 2.24) is 19.6 Å². The van der Waals surface area contributed by atoms with Gasteiger partial charge >= 0.3 is 12.1 Å². The Labute approximate surface area is 193 Å². The first-order valence-electron chi connectivity index (χ1n) is 12.7. The molecular formula is C24H42N4O4. The van der Waals surface area contributed by atoms with Crippen molar-refractivity contribution in [1.29, 1.82) is 0 Å². The number of methoxy groups -OCH3 is 1. The number of nitrogens with zero attached hydrogens (tertiary/aromatic N) is 4. The van der Waals surface area contributed by atoms with Crippen LogP contribution in [0.3, 0.4) is 0 Å². The Bertz CT molecular complexity index is 633. The monoisotopic (exact) mass is 450 g/mol. The lowest BCUT2D eigenvalue weighted by atomic mass is 9.89. The zero-order valence-electron chi connectivity index (χ0n) is 20.0. The highest BCUT2D eigenvalue weighted by Crippen LogP contribution is 2.30. The van der Waals surface area contributed by atoms with Crippen molar-refractivity contribution in [2.24, 2.45) is 5.92 Å². The van der Waals surface area contributed by atoms with Crippen molar-refractivity contribution in [3.8, 4) is 0 Å². The van der Waals surface area contributed by atoms with Crippen LogP contribution in [-0.2, 0) is 14.3 Å².